The van der Waals surface area contributed by atoms with Gasteiger partial charge in [0.05, 0.1) is 7.11 Å². The van der Waals surface area contributed by atoms with Crippen LogP contribution in [-0.4, -0.2) is 13.1 Å². The first-order valence-corrected chi connectivity index (χ1v) is 5.43. The summed E-state index contributed by atoms with van der Waals surface area (Å²) in [6.07, 6.45) is 0.750. The summed E-state index contributed by atoms with van der Waals surface area (Å²) >= 11 is 3.27. The molecule has 1 unspecified atom stereocenters. The van der Waals surface area contributed by atoms with Crippen molar-refractivity contribution in [2.45, 2.75) is 18.5 Å². The number of methoxy groups -OCH3 is 1. The SMILES string of the molecule is COC(=O)C1(F)CCc2ccc(Br)cc21. The van der Waals surface area contributed by atoms with E-state index in [0.717, 1.165) is 10.0 Å². The highest BCUT2D eigenvalue weighted by molar-refractivity contribution is 9.10. The lowest BCUT2D eigenvalue weighted by molar-refractivity contribution is -0.155. The Morgan fingerprint density at radius 3 is 3.00 bits per heavy atom. The van der Waals surface area contributed by atoms with E-state index in [9.17, 15) is 9.18 Å². The average molecular weight is 273 g/mol. The number of hydrogen-bond acceptors (Lipinski definition) is 2. The van der Waals surface area contributed by atoms with E-state index in [-0.39, 0.29) is 6.42 Å². The number of fused-ring (bicyclic) bond motifs is 1. The molecule has 1 aliphatic carbocycles. The summed E-state index contributed by atoms with van der Waals surface area (Å²) in [5.74, 6) is -0.806. The minimum absolute atomic E-state index is 0.172. The first-order chi connectivity index (χ1) is 7.08. The Balaban J connectivity index is 2.51. The summed E-state index contributed by atoms with van der Waals surface area (Å²) in [7, 11) is 1.21. The van der Waals surface area contributed by atoms with Crippen LogP contribution in [0.2, 0.25) is 0 Å². The number of carbonyl (C=O) groups is 1. The molecule has 1 atom stereocenters. The third-order valence-corrected chi connectivity index (χ3v) is 3.24. The van der Waals surface area contributed by atoms with Gasteiger partial charge in [-0.05, 0) is 24.1 Å². The van der Waals surface area contributed by atoms with Crippen molar-refractivity contribution in [2.75, 3.05) is 7.11 Å². The number of aryl methyl sites for hydroxylation is 1. The monoisotopic (exact) mass is 272 g/mol. The largest absolute Gasteiger partial charge is 0.466 e. The first-order valence-electron chi connectivity index (χ1n) is 4.64. The standard InChI is InChI=1S/C11H10BrFO2/c1-15-10(14)11(13)5-4-7-2-3-8(12)6-9(7)11/h2-3,6H,4-5H2,1H3. The molecule has 0 saturated heterocycles. The molecule has 0 saturated carbocycles. The van der Waals surface area contributed by atoms with Gasteiger partial charge < -0.3 is 4.74 Å². The van der Waals surface area contributed by atoms with Crippen LogP contribution < -0.4 is 0 Å². The van der Waals surface area contributed by atoms with Crippen LogP contribution >= 0.6 is 15.9 Å². The first kappa shape index (κ1) is 10.6. The zero-order valence-electron chi connectivity index (χ0n) is 8.22. The summed E-state index contributed by atoms with van der Waals surface area (Å²) < 4.78 is 19.7. The summed E-state index contributed by atoms with van der Waals surface area (Å²) in [6.45, 7) is 0. The lowest BCUT2D eigenvalue weighted by Crippen LogP contribution is -2.29. The average Bonchev–Trinajstić information content (AvgIpc) is 2.57. The van der Waals surface area contributed by atoms with E-state index >= 15 is 0 Å². The maximum absolute atomic E-state index is 14.4. The summed E-state index contributed by atoms with van der Waals surface area (Å²) in [5, 5.41) is 0. The molecule has 0 fully saturated rings. The molecule has 0 spiro atoms. The van der Waals surface area contributed by atoms with Crippen LogP contribution in [0.4, 0.5) is 4.39 Å². The molecule has 4 heteroatoms. The number of ether oxygens (including phenoxy) is 1. The van der Waals surface area contributed by atoms with Crippen LogP contribution in [0.5, 0.6) is 0 Å². The number of hydrogen-bond donors (Lipinski definition) is 0. The van der Waals surface area contributed by atoms with Crippen molar-refractivity contribution in [2.24, 2.45) is 0 Å². The van der Waals surface area contributed by atoms with E-state index in [2.05, 4.69) is 20.7 Å². The number of rotatable bonds is 1. The molecule has 0 radical (unpaired) electrons. The molecule has 0 aromatic heterocycles. The predicted molar refractivity (Wildman–Crippen MR) is 57.3 cm³/mol. The number of carbonyl (C=O) groups excluding carboxylic acids is 1. The van der Waals surface area contributed by atoms with E-state index in [1.165, 1.54) is 7.11 Å². The Morgan fingerprint density at radius 2 is 2.33 bits per heavy atom. The van der Waals surface area contributed by atoms with Crippen LogP contribution in [0, 0.1) is 0 Å². The normalized spacial score (nSPS) is 23.7. The van der Waals surface area contributed by atoms with Gasteiger partial charge in [0.25, 0.3) is 0 Å². The molecule has 1 aromatic rings. The fourth-order valence-electron chi connectivity index (χ4n) is 1.95. The predicted octanol–water partition coefficient (Wildman–Crippen LogP) is 2.73. The number of halogens is 2. The van der Waals surface area contributed by atoms with Gasteiger partial charge in [0, 0.05) is 16.5 Å². The van der Waals surface area contributed by atoms with Crippen molar-refractivity contribution >= 4 is 21.9 Å². The van der Waals surface area contributed by atoms with Crippen LogP contribution in [0.25, 0.3) is 0 Å². The zero-order chi connectivity index (χ0) is 11.1. The molecule has 2 nitrogen and oxygen atoms in total. The van der Waals surface area contributed by atoms with E-state index in [1.807, 2.05) is 12.1 Å². The van der Waals surface area contributed by atoms with E-state index < -0.39 is 11.6 Å². The third-order valence-electron chi connectivity index (χ3n) is 2.75. The maximum atomic E-state index is 14.4. The lowest BCUT2D eigenvalue weighted by atomic mass is 9.98. The van der Waals surface area contributed by atoms with Crippen LogP contribution in [0.1, 0.15) is 17.5 Å². The maximum Gasteiger partial charge on any atom is 0.348 e. The molecule has 0 bridgehead atoms. The molecule has 80 valence electrons. The number of alkyl halides is 1. The fourth-order valence-corrected chi connectivity index (χ4v) is 2.31. The molecule has 1 aliphatic rings. The van der Waals surface area contributed by atoms with Crippen molar-refractivity contribution in [3.8, 4) is 0 Å². The molecule has 0 aliphatic heterocycles. The minimum Gasteiger partial charge on any atom is -0.466 e. The van der Waals surface area contributed by atoms with Gasteiger partial charge in [0.2, 0.25) is 5.67 Å². The van der Waals surface area contributed by atoms with Gasteiger partial charge in [-0.3, -0.25) is 0 Å². The van der Waals surface area contributed by atoms with Crippen molar-refractivity contribution in [1.29, 1.82) is 0 Å². The van der Waals surface area contributed by atoms with Crippen LogP contribution in [0.15, 0.2) is 22.7 Å². The van der Waals surface area contributed by atoms with E-state index in [4.69, 9.17) is 0 Å². The molecular formula is C11H10BrFO2. The Bertz CT molecular complexity index is 419. The van der Waals surface area contributed by atoms with E-state index in [1.54, 1.807) is 6.07 Å². The fraction of sp³-hybridized carbons (Fsp3) is 0.364. The highest BCUT2D eigenvalue weighted by Crippen LogP contribution is 2.42. The second-order valence-corrected chi connectivity index (χ2v) is 4.51. The Labute approximate surface area is 95.6 Å². The Kier molecular flexibility index (Phi) is 2.54. The molecule has 0 N–H and O–H groups in total. The number of esters is 1. The molecule has 15 heavy (non-hydrogen) atoms. The van der Waals surface area contributed by atoms with Crippen molar-refractivity contribution in [1.82, 2.24) is 0 Å². The van der Waals surface area contributed by atoms with Gasteiger partial charge in [0.1, 0.15) is 0 Å². The van der Waals surface area contributed by atoms with Gasteiger partial charge >= 0.3 is 5.97 Å². The molecular weight excluding hydrogens is 263 g/mol. The van der Waals surface area contributed by atoms with Crippen molar-refractivity contribution in [3.63, 3.8) is 0 Å². The van der Waals surface area contributed by atoms with E-state index in [0.29, 0.717) is 12.0 Å². The van der Waals surface area contributed by atoms with Crippen molar-refractivity contribution in [3.05, 3.63) is 33.8 Å². The van der Waals surface area contributed by atoms with Crippen LogP contribution in [0.3, 0.4) is 0 Å². The number of benzene rings is 1. The molecule has 1 aromatic carbocycles. The quantitative estimate of drug-likeness (QED) is 0.735. The summed E-state index contributed by atoms with van der Waals surface area (Å²) in [4.78, 5) is 11.4. The lowest BCUT2D eigenvalue weighted by Gasteiger charge is -2.17. The van der Waals surface area contributed by atoms with Gasteiger partial charge in [-0.25, -0.2) is 9.18 Å². The second-order valence-electron chi connectivity index (χ2n) is 3.59. The molecule has 0 heterocycles. The van der Waals surface area contributed by atoms with Crippen LogP contribution in [-0.2, 0) is 21.6 Å². The molecule has 2 rings (SSSR count). The molecule has 0 amide bonds. The van der Waals surface area contributed by atoms with Gasteiger partial charge in [0.15, 0.2) is 0 Å². The van der Waals surface area contributed by atoms with Gasteiger partial charge in [-0.15, -0.1) is 0 Å². The smallest absolute Gasteiger partial charge is 0.348 e. The summed E-state index contributed by atoms with van der Waals surface area (Å²) in [5.41, 5.74) is -0.650. The highest BCUT2D eigenvalue weighted by Gasteiger charge is 2.47. The van der Waals surface area contributed by atoms with Gasteiger partial charge in [-0.1, -0.05) is 22.0 Å². The third kappa shape index (κ3) is 1.57. The topological polar surface area (TPSA) is 26.3 Å². The second kappa shape index (κ2) is 3.59. The minimum atomic E-state index is -1.96. The Morgan fingerprint density at radius 1 is 1.60 bits per heavy atom. The van der Waals surface area contributed by atoms with Crippen molar-refractivity contribution < 1.29 is 13.9 Å². The summed E-state index contributed by atoms with van der Waals surface area (Å²) in [6, 6.07) is 5.34. The zero-order valence-corrected chi connectivity index (χ0v) is 9.80. The highest BCUT2D eigenvalue weighted by atomic mass is 79.9. The Hall–Kier alpha value is -0.900. The van der Waals surface area contributed by atoms with Gasteiger partial charge in [-0.2, -0.15) is 0 Å².